The average molecular weight is 353 g/mol. The van der Waals surface area contributed by atoms with Gasteiger partial charge in [-0.15, -0.1) is 0 Å². The number of ether oxygens (including phenoxy) is 2. The Morgan fingerprint density at radius 1 is 1.08 bits per heavy atom. The van der Waals surface area contributed by atoms with Gasteiger partial charge >= 0.3 is 5.69 Å². The Kier molecular flexibility index (Phi) is 3.91. The highest BCUT2D eigenvalue weighted by atomic mass is 16.6. The molecule has 4 rings (SSSR count). The number of hydrogen-bond donors (Lipinski definition) is 3. The summed E-state index contributed by atoms with van der Waals surface area (Å²) in [6.45, 7) is 3.69. The molecule has 0 saturated carbocycles. The second-order valence-corrected chi connectivity index (χ2v) is 6.42. The molecule has 2 heterocycles. The summed E-state index contributed by atoms with van der Waals surface area (Å²) in [6.07, 6.45) is -1.14. The van der Waals surface area contributed by atoms with Crippen LogP contribution in [-0.2, 0) is 4.79 Å². The monoisotopic (exact) mass is 353 g/mol. The van der Waals surface area contributed by atoms with Gasteiger partial charge in [-0.1, -0.05) is 18.2 Å². The number of aromatic amines is 2. The molecule has 1 aromatic heterocycles. The number of aromatic nitrogens is 2. The molecule has 1 amide bonds. The largest absolute Gasteiger partial charge is 0.482 e. The second-order valence-electron chi connectivity index (χ2n) is 6.42. The fourth-order valence-electron chi connectivity index (χ4n) is 3.10. The maximum atomic E-state index is 12.7. The van der Waals surface area contributed by atoms with Gasteiger partial charge in [-0.2, -0.15) is 0 Å². The van der Waals surface area contributed by atoms with Crippen molar-refractivity contribution >= 4 is 16.9 Å². The van der Waals surface area contributed by atoms with E-state index in [9.17, 15) is 9.59 Å². The summed E-state index contributed by atoms with van der Waals surface area (Å²) in [5, 5.41) is 2.95. The van der Waals surface area contributed by atoms with Gasteiger partial charge < -0.3 is 24.8 Å². The highest BCUT2D eigenvalue weighted by Crippen LogP contribution is 2.33. The van der Waals surface area contributed by atoms with E-state index in [1.807, 2.05) is 43.3 Å². The Morgan fingerprint density at radius 3 is 2.54 bits per heavy atom. The Hall–Kier alpha value is -3.22. The Labute approximate surface area is 149 Å². The lowest BCUT2D eigenvalue weighted by Crippen LogP contribution is -2.49. The molecular weight excluding hydrogens is 334 g/mol. The van der Waals surface area contributed by atoms with Crippen molar-refractivity contribution in [2.24, 2.45) is 0 Å². The van der Waals surface area contributed by atoms with Gasteiger partial charge in [0.1, 0.15) is 6.10 Å². The molecule has 2 aromatic carbocycles. The molecule has 0 radical (unpaired) electrons. The summed E-state index contributed by atoms with van der Waals surface area (Å²) < 4.78 is 11.6. The minimum absolute atomic E-state index is 0.248. The van der Waals surface area contributed by atoms with Gasteiger partial charge in [0.25, 0.3) is 5.91 Å². The van der Waals surface area contributed by atoms with Crippen molar-refractivity contribution in [2.75, 3.05) is 0 Å². The number of amides is 1. The first-order valence-electron chi connectivity index (χ1n) is 8.46. The van der Waals surface area contributed by atoms with Gasteiger partial charge in [-0.3, -0.25) is 4.79 Å². The Bertz CT molecular complexity index is 1020. The van der Waals surface area contributed by atoms with Crippen LogP contribution in [0.15, 0.2) is 47.3 Å². The molecule has 0 fully saturated rings. The van der Waals surface area contributed by atoms with Crippen LogP contribution >= 0.6 is 0 Å². The number of fused-ring (bicyclic) bond motifs is 2. The van der Waals surface area contributed by atoms with E-state index in [2.05, 4.69) is 15.3 Å². The molecule has 3 atom stereocenters. The quantitative estimate of drug-likeness (QED) is 0.673. The van der Waals surface area contributed by atoms with E-state index in [4.69, 9.17) is 9.47 Å². The molecule has 26 heavy (non-hydrogen) atoms. The zero-order chi connectivity index (χ0) is 18.3. The zero-order valence-corrected chi connectivity index (χ0v) is 14.4. The molecule has 0 spiro atoms. The SMILES string of the molecule is C[C@H](NC(=O)[C@@H]1Oc2ccccc2O[C@H]1C)c1ccc2[nH]c(=O)[nH]c2c1. The third-order valence-electron chi connectivity index (χ3n) is 4.50. The van der Waals surface area contributed by atoms with Gasteiger partial charge in [-0.05, 0) is 43.7 Å². The lowest BCUT2D eigenvalue weighted by Gasteiger charge is -2.31. The number of carbonyl (C=O) groups is 1. The number of H-pyrrole nitrogens is 2. The summed E-state index contributed by atoms with van der Waals surface area (Å²) in [4.78, 5) is 29.5. The molecule has 1 aliphatic heterocycles. The van der Waals surface area contributed by atoms with Crippen molar-refractivity contribution in [3.8, 4) is 11.5 Å². The van der Waals surface area contributed by atoms with Crippen LogP contribution in [0.5, 0.6) is 11.5 Å². The third-order valence-corrected chi connectivity index (χ3v) is 4.50. The van der Waals surface area contributed by atoms with E-state index >= 15 is 0 Å². The number of para-hydroxylation sites is 2. The first-order valence-corrected chi connectivity index (χ1v) is 8.46. The summed E-state index contributed by atoms with van der Waals surface area (Å²) in [6, 6.07) is 12.6. The maximum Gasteiger partial charge on any atom is 0.323 e. The van der Waals surface area contributed by atoms with Gasteiger partial charge in [0, 0.05) is 0 Å². The topological polar surface area (TPSA) is 96.2 Å². The molecule has 0 unspecified atom stereocenters. The van der Waals surface area contributed by atoms with Crippen molar-refractivity contribution in [2.45, 2.75) is 32.1 Å². The van der Waals surface area contributed by atoms with E-state index in [-0.39, 0.29) is 17.6 Å². The van der Waals surface area contributed by atoms with Crippen LogP contribution in [0.1, 0.15) is 25.5 Å². The molecule has 1 aliphatic rings. The van der Waals surface area contributed by atoms with Crippen molar-refractivity contribution in [1.29, 1.82) is 0 Å². The molecule has 134 valence electrons. The predicted molar refractivity (Wildman–Crippen MR) is 96.4 cm³/mol. The van der Waals surface area contributed by atoms with Crippen molar-refractivity contribution in [3.63, 3.8) is 0 Å². The van der Waals surface area contributed by atoms with Crippen LogP contribution < -0.4 is 20.5 Å². The van der Waals surface area contributed by atoms with E-state index in [1.54, 1.807) is 13.0 Å². The first kappa shape index (κ1) is 16.3. The molecule has 0 aliphatic carbocycles. The van der Waals surface area contributed by atoms with E-state index < -0.39 is 12.2 Å². The molecule has 7 nitrogen and oxygen atoms in total. The fourth-order valence-corrected chi connectivity index (χ4v) is 3.10. The Balaban J connectivity index is 1.50. The number of rotatable bonds is 3. The van der Waals surface area contributed by atoms with E-state index in [0.29, 0.717) is 17.0 Å². The second kappa shape index (κ2) is 6.25. The number of nitrogens with one attached hydrogen (secondary N) is 3. The normalized spacial score (nSPS) is 19.9. The predicted octanol–water partition coefficient (Wildman–Crippen LogP) is 2.26. The fraction of sp³-hybridized carbons (Fsp3) is 0.263. The lowest BCUT2D eigenvalue weighted by molar-refractivity contribution is -0.134. The molecule has 3 aromatic rings. The van der Waals surface area contributed by atoms with Crippen LogP contribution in [0.2, 0.25) is 0 Å². The minimum Gasteiger partial charge on any atom is -0.482 e. The van der Waals surface area contributed by atoms with Crippen LogP contribution in [0.25, 0.3) is 11.0 Å². The van der Waals surface area contributed by atoms with Gasteiger partial charge in [-0.25, -0.2) is 4.79 Å². The summed E-state index contributed by atoms with van der Waals surface area (Å²) in [7, 11) is 0. The minimum atomic E-state index is -0.733. The molecule has 0 bridgehead atoms. The molecule has 0 saturated heterocycles. The summed E-state index contributed by atoms with van der Waals surface area (Å²) >= 11 is 0. The number of imidazole rings is 1. The maximum absolute atomic E-state index is 12.7. The summed E-state index contributed by atoms with van der Waals surface area (Å²) in [5.74, 6) is 0.950. The Morgan fingerprint density at radius 2 is 1.77 bits per heavy atom. The van der Waals surface area contributed by atoms with E-state index in [1.165, 1.54) is 0 Å². The molecular formula is C19H19N3O4. The lowest BCUT2D eigenvalue weighted by atomic mass is 10.1. The van der Waals surface area contributed by atoms with Crippen molar-refractivity contribution < 1.29 is 14.3 Å². The van der Waals surface area contributed by atoms with Gasteiger partial charge in [0.2, 0.25) is 6.10 Å². The smallest absolute Gasteiger partial charge is 0.323 e. The standard InChI is InChI=1S/C19H19N3O4/c1-10(12-7-8-13-14(9-12)22-19(24)21-13)20-18(23)17-11(2)25-15-5-3-4-6-16(15)26-17/h3-11,17H,1-2H3,(H,20,23)(H2,21,22,24)/t10-,11-,17+/m0/s1. The third kappa shape index (κ3) is 2.92. The number of hydrogen-bond acceptors (Lipinski definition) is 4. The highest BCUT2D eigenvalue weighted by Gasteiger charge is 2.34. The number of carbonyl (C=O) groups excluding carboxylic acids is 1. The van der Waals surface area contributed by atoms with Crippen molar-refractivity contribution in [1.82, 2.24) is 15.3 Å². The zero-order valence-electron chi connectivity index (χ0n) is 14.4. The molecule has 7 heteroatoms. The first-order chi connectivity index (χ1) is 12.5. The van der Waals surface area contributed by atoms with E-state index in [0.717, 1.165) is 11.1 Å². The average Bonchev–Trinajstić information content (AvgIpc) is 3.00. The number of benzene rings is 2. The van der Waals surface area contributed by atoms with Crippen LogP contribution in [-0.4, -0.2) is 28.1 Å². The van der Waals surface area contributed by atoms with Crippen molar-refractivity contribution in [3.05, 3.63) is 58.5 Å². The highest BCUT2D eigenvalue weighted by molar-refractivity contribution is 5.83. The van der Waals surface area contributed by atoms with Crippen LogP contribution in [0, 0.1) is 0 Å². The summed E-state index contributed by atoms with van der Waals surface area (Å²) in [5.41, 5.74) is 2.06. The van der Waals surface area contributed by atoms with Gasteiger partial charge in [0.05, 0.1) is 17.1 Å². The van der Waals surface area contributed by atoms with Crippen LogP contribution in [0.4, 0.5) is 0 Å². The van der Waals surface area contributed by atoms with Gasteiger partial charge in [0.15, 0.2) is 11.5 Å². The molecule has 3 N–H and O–H groups in total. The van der Waals surface area contributed by atoms with Crippen LogP contribution in [0.3, 0.4) is 0 Å².